The summed E-state index contributed by atoms with van der Waals surface area (Å²) in [6.07, 6.45) is 1.80. The van der Waals surface area contributed by atoms with Crippen LogP contribution in [0.15, 0.2) is 134 Å². The third-order valence-corrected chi connectivity index (χ3v) is 11.8. The van der Waals surface area contributed by atoms with Gasteiger partial charge < -0.3 is 5.11 Å². The summed E-state index contributed by atoms with van der Waals surface area (Å²) in [6.45, 7) is 19.8. The summed E-state index contributed by atoms with van der Waals surface area (Å²) in [4.78, 5) is 10.5. The summed E-state index contributed by atoms with van der Waals surface area (Å²) in [5.41, 5.74) is 15.1. The number of fused-ring (bicyclic) bond motifs is 1. The van der Waals surface area contributed by atoms with Gasteiger partial charge in [0.15, 0.2) is 0 Å². The molecule has 62 heavy (non-hydrogen) atoms. The van der Waals surface area contributed by atoms with E-state index in [0.717, 1.165) is 78.0 Å². The van der Waals surface area contributed by atoms with E-state index in [0.29, 0.717) is 17.0 Å². The smallest absolute Gasteiger partial charge is 0.148 e. The number of para-hydroxylation sites is 1. The number of aryl methyl sites for hydroxylation is 1. The van der Waals surface area contributed by atoms with Gasteiger partial charge >= 0.3 is 0 Å². The first kappa shape index (κ1) is 40.5. The Hall–Kier alpha value is -5.57. The summed E-state index contributed by atoms with van der Waals surface area (Å²) in [6, 6.07) is 47.1. The predicted molar refractivity (Wildman–Crippen MR) is 257 cm³/mol. The first-order valence-electron chi connectivity index (χ1n) is 22.9. The summed E-state index contributed by atoms with van der Waals surface area (Å²) in [5.74, 6) is 1.22. The first-order valence-corrected chi connectivity index (χ1v) is 21.4. The number of phenols is 1. The van der Waals surface area contributed by atoms with Gasteiger partial charge in [0, 0.05) is 42.6 Å². The molecule has 0 radical (unpaired) electrons. The normalized spacial score (nSPS) is 12.9. The minimum atomic E-state index is -2.17. The monoisotopic (exact) mass is 998 g/mol. The van der Waals surface area contributed by atoms with Crippen molar-refractivity contribution in [2.45, 2.75) is 98.8 Å². The van der Waals surface area contributed by atoms with Crippen molar-refractivity contribution in [3.05, 3.63) is 167 Å². The molecule has 0 fully saturated rings. The van der Waals surface area contributed by atoms with Crippen LogP contribution in [0.1, 0.15) is 113 Å². The van der Waals surface area contributed by atoms with Gasteiger partial charge in [0.1, 0.15) is 11.6 Å². The minimum absolute atomic E-state index is 0. The number of hydrogen-bond acceptors (Lipinski definition) is 3. The third-order valence-electron chi connectivity index (χ3n) is 11.8. The van der Waals surface area contributed by atoms with E-state index < -0.39 is 6.85 Å². The Labute approximate surface area is 387 Å². The fourth-order valence-corrected chi connectivity index (χ4v) is 8.12. The molecule has 6 aromatic carbocycles. The number of imidazole rings is 1. The molecule has 8 aromatic rings. The summed E-state index contributed by atoms with van der Waals surface area (Å²) in [5, 5.41) is 12.3. The zero-order valence-electron chi connectivity index (χ0n) is 40.5. The van der Waals surface area contributed by atoms with E-state index >= 15 is 0 Å². The second-order valence-electron chi connectivity index (χ2n) is 19.1. The van der Waals surface area contributed by atoms with Gasteiger partial charge in [-0.25, -0.2) is 4.98 Å². The largest absolute Gasteiger partial charge is 0.507 e. The fourth-order valence-electron chi connectivity index (χ4n) is 8.12. The molecule has 0 atom stereocenters. The van der Waals surface area contributed by atoms with Crippen LogP contribution >= 0.6 is 0 Å². The van der Waals surface area contributed by atoms with Gasteiger partial charge in [0.2, 0.25) is 0 Å². The van der Waals surface area contributed by atoms with Crippen LogP contribution in [0.3, 0.4) is 0 Å². The van der Waals surface area contributed by atoms with Gasteiger partial charge in [0.05, 0.1) is 22.3 Å². The third kappa shape index (κ3) is 8.73. The van der Waals surface area contributed by atoms with Crippen molar-refractivity contribution in [2.24, 2.45) is 0 Å². The van der Waals surface area contributed by atoms with Crippen LogP contribution in [0.2, 0.25) is 0 Å². The predicted octanol–water partition coefficient (Wildman–Crippen LogP) is 15.4. The first-order chi connectivity index (χ1) is 30.2. The number of phenolic OH excluding ortho intramolecular Hbond substituents is 1. The number of hydrogen-bond donors (Lipinski definition) is 1. The number of aromatic nitrogens is 3. The van der Waals surface area contributed by atoms with E-state index in [1.807, 2.05) is 30.3 Å². The van der Waals surface area contributed by atoms with Crippen molar-refractivity contribution in [3.8, 4) is 67.5 Å². The van der Waals surface area contributed by atoms with E-state index in [4.69, 9.17) is 14.1 Å². The Bertz CT molecular complexity index is 3010. The van der Waals surface area contributed by atoms with Crippen LogP contribution < -0.4 is 0 Å². The molecule has 0 aliphatic carbocycles. The molecule has 2 heterocycles. The maximum Gasteiger partial charge on any atom is 0.148 e. The molecule has 0 saturated heterocycles. The van der Waals surface area contributed by atoms with Gasteiger partial charge in [-0.1, -0.05) is 171 Å². The summed E-state index contributed by atoms with van der Waals surface area (Å²) in [7, 11) is 0. The topological polar surface area (TPSA) is 50.9 Å². The van der Waals surface area contributed by atoms with Crippen molar-refractivity contribution in [2.75, 3.05) is 0 Å². The zero-order valence-corrected chi connectivity index (χ0v) is 39.7. The van der Waals surface area contributed by atoms with E-state index in [1.165, 1.54) is 5.56 Å². The van der Waals surface area contributed by atoms with Crippen LogP contribution in [0.5, 0.6) is 5.75 Å². The minimum Gasteiger partial charge on any atom is -0.507 e. The molecule has 318 valence electrons. The molecule has 0 aliphatic heterocycles. The molecule has 0 spiro atoms. The standard InChI is InChI=1S/C57H58N3O.Pt/c1-35(2)41-31-47(36(3)4)54(61)49(32-41)55-59-53-46(18-15-19-52(53)60(55)51-25-24-44(56(6,7)8)34-48(51)39-16-13-12-14-17-39)42-28-43(30-45(29-42)57(9,10)11)50-33-40(26-27-58-50)38-22-20-37(5)21-23-38;/h12-27,29-36,61H,1-11H3;/q-1;/i5D3;. The van der Waals surface area contributed by atoms with Crippen LogP contribution in [-0.4, -0.2) is 19.6 Å². The molecule has 4 nitrogen and oxygen atoms in total. The van der Waals surface area contributed by atoms with Crippen LogP contribution in [0.25, 0.3) is 72.7 Å². The Morgan fingerprint density at radius 3 is 2.00 bits per heavy atom. The van der Waals surface area contributed by atoms with Crippen molar-refractivity contribution < 1.29 is 30.3 Å². The average molecular weight is 999 g/mol. The van der Waals surface area contributed by atoms with E-state index in [1.54, 1.807) is 18.3 Å². The van der Waals surface area contributed by atoms with Crippen molar-refractivity contribution >= 4 is 11.0 Å². The van der Waals surface area contributed by atoms with Crippen molar-refractivity contribution in [1.82, 2.24) is 14.5 Å². The molecule has 0 unspecified atom stereocenters. The number of benzene rings is 6. The van der Waals surface area contributed by atoms with E-state index in [9.17, 15) is 5.11 Å². The maximum atomic E-state index is 12.3. The van der Waals surface area contributed by atoms with Gasteiger partial charge in [-0.3, -0.25) is 9.55 Å². The molecule has 0 amide bonds. The molecule has 0 bridgehead atoms. The Balaban J connectivity index is 0.00000630. The average Bonchev–Trinajstić information content (AvgIpc) is 3.65. The fraction of sp³-hybridized carbons (Fsp3) is 0.263. The Morgan fingerprint density at radius 1 is 0.629 bits per heavy atom. The van der Waals surface area contributed by atoms with E-state index in [-0.39, 0.29) is 49.5 Å². The van der Waals surface area contributed by atoms with Crippen molar-refractivity contribution in [3.63, 3.8) is 0 Å². The van der Waals surface area contributed by atoms with Gasteiger partial charge in [-0.2, -0.15) is 0 Å². The second-order valence-corrected chi connectivity index (χ2v) is 19.1. The number of nitrogens with zero attached hydrogens (tertiary/aromatic N) is 3. The molecule has 8 rings (SSSR count). The summed E-state index contributed by atoms with van der Waals surface area (Å²) < 4.78 is 25.8. The number of rotatable bonds is 8. The Kier molecular flexibility index (Phi) is 11.3. The molecular weight excluding hydrogens is 938 g/mol. The molecule has 0 aliphatic rings. The van der Waals surface area contributed by atoms with Gasteiger partial charge in [0.25, 0.3) is 0 Å². The van der Waals surface area contributed by atoms with Crippen LogP contribution in [-0.2, 0) is 31.9 Å². The van der Waals surface area contributed by atoms with Crippen molar-refractivity contribution in [1.29, 1.82) is 0 Å². The molecule has 1 N–H and O–H groups in total. The molecule has 5 heteroatoms. The number of pyridine rings is 1. The van der Waals surface area contributed by atoms with Gasteiger partial charge in [-0.05, 0) is 93.2 Å². The quantitative estimate of drug-likeness (QED) is 0.154. The second kappa shape index (κ2) is 17.3. The SMILES string of the molecule is [2H]C([2H])([2H])c1ccc(-c2ccnc(-c3[c-]c(-c4cccc5c4nc(-c4cc(C(C)C)cc(C(C)C)c4O)n5-c4ccc(C(C)(C)C)cc4-c4ccccc4)cc(C(C)(C)C)c3)c2)cc1.[Pt]. The van der Waals surface area contributed by atoms with Crippen LogP contribution in [0.4, 0.5) is 0 Å². The van der Waals surface area contributed by atoms with Gasteiger partial charge in [-0.15, -0.1) is 29.3 Å². The maximum absolute atomic E-state index is 12.3. The molecule has 2 aromatic heterocycles. The van der Waals surface area contributed by atoms with E-state index in [2.05, 4.69) is 165 Å². The molecule has 0 saturated carbocycles. The number of aromatic hydroxyl groups is 1. The van der Waals surface area contributed by atoms with Crippen LogP contribution in [0, 0.1) is 12.9 Å². The Morgan fingerprint density at radius 2 is 1.34 bits per heavy atom. The summed E-state index contributed by atoms with van der Waals surface area (Å²) >= 11 is 0. The zero-order chi connectivity index (χ0) is 45.9. The molecular formula is C57H58N3OPt-.